The van der Waals surface area contributed by atoms with Crippen LogP contribution in [0.5, 0.6) is 5.75 Å². The Morgan fingerprint density at radius 3 is 3.12 bits per heavy atom. The highest BCUT2D eigenvalue weighted by Crippen LogP contribution is 2.35. The maximum absolute atomic E-state index is 11.7. The predicted octanol–water partition coefficient (Wildman–Crippen LogP) is 2.45. The molecule has 2 aromatic rings. The highest BCUT2D eigenvalue weighted by Gasteiger charge is 2.21. The lowest BCUT2D eigenvalue weighted by molar-refractivity contribution is 0.0943. The van der Waals surface area contributed by atoms with Crippen molar-refractivity contribution in [3.63, 3.8) is 0 Å². The van der Waals surface area contributed by atoms with Gasteiger partial charge in [-0.15, -0.1) is 11.8 Å². The Kier molecular flexibility index (Phi) is 2.08. The van der Waals surface area contributed by atoms with Gasteiger partial charge in [-0.05, 0) is 18.3 Å². The summed E-state index contributed by atoms with van der Waals surface area (Å²) in [6.45, 7) is 0. The van der Waals surface area contributed by atoms with Crippen molar-refractivity contribution in [3.8, 4) is 5.75 Å². The summed E-state index contributed by atoms with van der Waals surface area (Å²) < 4.78 is 7.22. The first-order valence-electron chi connectivity index (χ1n) is 4.69. The molecule has 4 nitrogen and oxygen atoms in total. The molecule has 0 unspecified atom stereocenters. The van der Waals surface area contributed by atoms with Crippen LogP contribution in [0.2, 0.25) is 0 Å². The van der Waals surface area contributed by atoms with E-state index in [1.165, 1.54) is 11.8 Å². The maximum Gasteiger partial charge on any atom is 0.243 e. The number of hydrogen-bond donors (Lipinski definition) is 1. The largest absolute Gasteiger partial charge is 0.497 e. The highest BCUT2D eigenvalue weighted by molar-refractivity contribution is 8.00. The molecular formula is C10H8N2O2S2. The van der Waals surface area contributed by atoms with E-state index in [0.717, 1.165) is 21.7 Å². The van der Waals surface area contributed by atoms with Gasteiger partial charge in [0, 0.05) is 11.0 Å². The smallest absolute Gasteiger partial charge is 0.243 e. The minimum Gasteiger partial charge on any atom is -0.497 e. The topological polar surface area (TPSA) is 47.0 Å². The molecule has 1 aliphatic heterocycles. The molecule has 3 rings (SSSR count). The summed E-state index contributed by atoms with van der Waals surface area (Å²) in [6.07, 6.45) is 0. The van der Waals surface area contributed by atoms with Gasteiger partial charge in [0.05, 0.1) is 23.9 Å². The number of imidazole rings is 1. The van der Waals surface area contributed by atoms with E-state index >= 15 is 0 Å². The fourth-order valence-electron chi connectivity index (χ4n) is 1.85. The van der Waals surface area contributed by atoms with E-state index in [9.17, 15) is 4.79 Å². The van der Waals surface area contributed by atoms with Gasteiger partial charge in [0.15, 0.2) is 4.77 Å². The first-order valence-corrected chi connectivity index (χ1v) is 6.09. The second-order valence-corrected chi connectivity index (χ2v) is 4.87. The third kappa shape index (κ3) is 1.23. The van der Waals surface area contributed by atoms with Crippen LogP contribution in [0.3, 0.4) is 0 Å². The van der Waals surface area contributed by atoms with Gasteiger partial charge >= 0.3 is 0 Å². The molecule has 2 heterocycles. The van der Waals surface area contributed by atoms with Crippen LogP contribution in [0.1, 0.15) is 4.79 Å². The van der Waals surface area contributed by atoms with Crippen LogP contribution in [-0.4, -0.2) is 28.3 Å². The number of ether oxygens (including phenoxy) is 1. The monoisotopic (exact) mass is 252 g/mol. The van der Waals surface area contributed by atoms with Crippen LogP contribution in [-0.2, 0) is 0 Å². The van der Waals surface area contributed by atoms with E-state index in [-0.39, 0.29) is 5.91 Å². The fraction of sp³-hybridized carbons (Fsp3) is 0.200. The van der Waals surface area contributed by atoms with E-state index in [4.69, 9.17) is 17.0 Å². The molecule has 1 aromatic heterocycles. The number of methoxy groups -OCH3 is 1. The second-order valence-electron chi connectivity index (χ2n) is 3.47. The van der Waals surface area contributed by atoms with E-state index in [1.54, 1.807) is 11.7 Å². The van der Waals surface area contributed by atoms with E-state index in [2.05, 4.69) is 4.98 Å². The van der Waals surface area contributed by atoms with Gasteiger partial charge in [-0.25, -0.2) is 0 Å². The van der Waals surface area contributed by atoms with Gasteiger partial charge in [0.25, 0.3) is 0 Å². The van der Waals surface area contributed by atoms with Crippen LogP contribution >= 0.6 is 24.0 Å². The average molecular weight is 252 g/mol. The maximum atomic E-state index is 11.7. The molecule has 82 valence electrons. The Hall–Kier alpha value is -1.27. The minimum atomic E-state index is 0.0268. The van der Waals surface area contributed by atoms with Crippen molar-refractivity contribution in [1.82, 2.24) is 9.55 Å². The number of hydrogen-bond acceptors (Lipinski definition) is 4. The van der Waals surface area contributed by atoms with Gasteiger partial charge in [-0.1, -0.05) is 0 Å². The molecular weight excluding hydrogens is 244 g/mol. The summed E-state index contributed by atoms with van der Waals surface area (Å²) in [5, 5.41) is 0. The molecule has 0 atom stereocenters. The van der Waals surface area contributed by atoms with E-state index in [0.29, 0.717) is 10.5 Å². The summed E-state index contributed by atoms with van der Waals surface area (Å²) in [4.78, 5) is 15.8. The summed E-state index contributed by atoms with van der Waals surface area (Å²) >= 11 is 6.65. The van der Waals surface area contributed by atoms with Gasteiger partial charge in [0.1, 0.15) is 5.75 Å². The highest BCUT2D eigenvalue weighted by atomic mass is 32.2. The minimum absolute atomic E-state index is 0.0268. The molecule has 0 saturated heterocycles. The Bertz CT molecular complexity index is 657. The number of benzene rings is 1. The number of rotatable bonds is 1. The molecule has 0 amide bonds. The Labute approximate surface area is 101 Å². The van der Waals surface area contributed by atoms with Gasteiger partial charge in [-0.3, -0.25) is 9.36 Å². The molecule has 1 aromatic carbocycles. The van der Waals surface area contributed by atoms with Crippen molar-refractivity contribution in [2.45, 2.75) is 4.90 Å². The second kappa shape index (κ2) is 3.36. The number of thioether (sulfide) groups is 1. The Morgan fingerprint density at radius 1 is 1.56 bits per heavy atom. The zero-order valence-electron chi connectivity index (χ0n) is 8.44. The van der Waals surface area contributed by atoms with E-state index in [1.807, 2.05) is 12.1 Å². The number of nitrogens with zero attached hydrogens (tertiary/aromatic N) is 1. The zero-order valence-corrected chi connectivity index (χ0v) is 10.1. The van der Waals surface area contributed by atoms with Crippen LogP contribution in [0.15, 0.2) is 17.0 Å². The molecule has 1 N–H and O–H groups in total. The first kappa shape index (κ1) is 9.92. The van der Waals surface area contributed by atoms with Crippen molar-refractivity contribution in [2.75, 3.05) is 12.9 Å². The number of nitrogens with one attached hydrogen (secondary N) is 1. The number of aromatic amines is 1. The molecule has 0 saturated carbocycles. The van der Waals surface area contributed by atoms with Crippen molar-refractivity contribution in [3.05, 3.63) is 16.9 Å². The normalized spacial score (nSPS) is 14.4. The summed E-state index contributed by atoms with van der Waals surface area (Å²) in [6, 6.07) is 3.78. The van der Waals surface area contributed by atoms with Gasteiger partial charge < -0.3 is 9.72 Å². The number of carbonyl (C=O) groups excluding carboxylic acids is 1. The number of carbonyl (C=O) groups is 1. The molecule has 0 aliphatic carbocycles. The third-order valence-corrected chi connectivity index (χ3v) is 3.85. The summed E-state index contributed by atoms with van der Waals surface area (Å²) in [7, 11) is 1.62. The lowest BCUT2D eigenvalue weighted by Crippen LogP contribution is -2.16. The quantitative estimate of drug-likeness (QED) is 0.792. The summed E-state index contributed by atoms with van der Waals surface area (Å²) in [5.74, 6) is 1.22. The SMILES string of the molecule is COc1cc2c3c(c1)[nH]c(=S)n3C(=O)CS2. The molecule has 0 bridgehead atoms. The zero-order chi connectivity index (χ0) is 11.3. The Morgan fingerprint density at radius 2 is 2.38 bits per heavy atom. The van der Waals surface area contributed by atoms with Crippen LogP contribution in [0, 0.1) is 4.77 Å². The molecule has 0 fully saturated rings. The predicted molar refractivity (Wildman–Crippen MR) is 65.0 cm³/mol. The number of H-pyrrole nitrogens is 1. The van der Waals surface area contributed by atoms with Crippen molar-refractivity contribution in [2.24, 2.45) is 0 Å². The summed E-state index contributed by atoms with van der Waals surface area (Å²) in [5.41, 5.74) is 1.71. The molecule has 16 heavy (non-hydrogen) atoms. The lowest BCUT2D eigenvalue weighted by Gasteiger charge is -2.13. The van der Waals surface area contributed by atoms with Crippen molar-refractivity contribution < 1.29 is 9.53 Å². The number of aromatic nitrogens is 2. The van der Waals surface area contributed by atoms with Crippen molar-refractivity contribution >= 4 is 40.9 Å². The van der Waals surface area contributed by atoms with Gasteiger partial charge in [0.2, 0.25) is 5.91 Å². The molecule has 6 heteroatoms. The molecule has 0 spiro atoms. The van der Waals surface area contributed by atoms with Crippen molar-refractivity contribution in [1.29, 1.82) is 0 Å². The first-order chi connectivity index (χ1) is 7.70. The lowest BCUT2D eigenvalue weighted by atomic mass is 10.3. The molecule has 1 aliphatic rings. The fourth-order valence-corrected chi connectivity index (χ4v) is 3.10. The van der Waals surface area contributed by atoms with Gasteiger partial charge in [-0.2, -0.15) is 0 Å². The van der Waals surface area contributed by atoms with Crippen LogP contribution < -0.4 is 4.74 Å². The van der Waals surface area contributed by atoms with E-state index < -0.39 is 0 Å². The molecule has 0 radical (unpaired) electrons. The van der Waals surface area contributed by atoms with Crippen LogP contribution in [0.4, 0.5) is 0 Å². The Balaban J connectivity index is 2.48. The van der Waals surface area contributed by atoms with Crippen LogP contribution in [0.25, 0.3) is 11.0 Å². The average Bonchev–Trinajstić information content (AvgIpc) is 2.61. The standard InChI is InChI=1S/C10H8N2O2S2/c1-14-5-2-6-9-7(3-5)16-4-8(13)12(9)10(15)11-6/h2-3H,4H2,1H3,(H,11,15). The third-order valence-electron chi connectivity index (χ3n) is 2.55.